The first kappa shape index (κ1) is 15.9. The lowest BCUT2D eigenvalue weighted by molar-refractivity contribution is -0.122. The van der Waals surface area contributed by atoms with Crippen molar-refractivity contribution in [2.45, 2.75) is 39.0 Å². The molecule has 0 bridgehead atoms. The summed E-state index contributed by atoms with van der Waals surface area (Å²) < 4.78 is 0. The van der Waals surface area contributed by atoms with Crippen LogP contribution in [0.4, 0.5) is 5.69 Å². The Morgan fingerprint density at radius 2 is 2.24 bits per heavy atom. The number of carbonyl (C=O) groups excluding carboxylic acids is 1. The molecule has 1 aromatic rings. The summed E-state index contributed by atoms with van der Waals surface area (Å²) in [6.07, 6.45) is 0.465. The normalized spacial score (nSPS) is 24.6. The Morgan fingerprint density at radius 3 is 2.90 bits per heavy atom. The largest absolute Gasteiger partial charge is 0.393 e. The Hall–Kier alpha value is -1.43. The molecule has 2 rings (SSSR count). The van der Waals surface area contributed by atoms with Crippen molar-refractivity contribution in [3.63, 3.8) is 0 Å². The number of amides is 1. The van der Waals surface area contributed by atoms with Gasteiger partial charge in [0.05, 0.1) is 12.1 Å². The fourth-order valence-corrected chi connectivity index (χ4v) is 2.74. The summed E-state index contributed by atoms with van der Waals surface area (Å²) in [6.45, 7) is 5.82. The van der Waals surface area contributed by atoms with E-state index in [1.54, 1.807) is 0 Å². The maximum atomic E-state index is 12.4. The lowest BCUT2D eigenvalue weighted by atomic mass is 9.95. The molecule has 0 spiro atoms. The van der Waals surface area contributed by atoms with E-state index in [1.807, 2.05) is 38.1 Å². The van der Waals surface area contributed by atoms with E-state index in [0.29, 0.717) is 6.54 Å². The topological polar surface area (TPSA) is 78.6 Å². The Morgan fingerprint density at radius 1 is 1.52 bits per heavy atom. The Balaban J connectivity index is 1.99. The van der Waals surface area contributed by atoms with E-state index in [9.17, 15) is 9.90 Å². The number of nitrogens with two attached hydrogens (primary N) is 1. The number of aliphatic hydroxyl groups excluding tert-OH is 1. The molecule has 0 aliphatic carbocycles. The van der Waals surface area contributed by atoms with Crippen LogP contribution in [0.1, 0.15) is 25.8 Å². The molecule has 21 heavy (non-hydrogen) atoms. The van der Waals surface area contributed by atoms with Crippen molar-refractivity contribution < 1.29 is 9.90 Å². The Kier molecular flexibility index (Phi) is 5.33. The highest BCUT2D eigenvalue weighted by Crippen LogP contribution is 2.20. The molecule has 1 aliphatic heterocycles. The maximum Gasteiger partial charge on any atom is 0.241 e. The number of likely N-dealkylation sites (tertiary alicyclic amines) is 1. The average Bonchev–Trinajstić information content (AvgIpc) is 2.49. The number of benzene rings is 1. The molecule has 3 unspecified atom stereocenters. The summed E-state index contributed by atoms with van der Waals surface area (Å²) in [5.41, 5.74) is 7.40. The molecular formula is C16H25N3O2. The Bertz CT molecular complexity index is 492. The van der Waals surface area contributed by atoms with Crippen LogP contribution in [0, 0.1) is 5.92 Å². The van der Waals surface area contributed by atoms with Gasteiger partial charge in [-0.2, -0.15) is 0 Å². The molecule has 1 amide bonds. The maximum absolute atomic E-state index is 12.4. The number of aliphatic hydroxyl groups is 1. The highest BCUT2D eigenvalue weighted by atomic mass is 16.3. The van der Waals surface area contributed by atoms with E-state index in [2.05, 4.69) is 10.2 Å². The highest BCUT2D eigenvalue weighted by Gasteiger charge is 2.30. The predicted molar refractivity (Wildman–Crippen MR) is 83.8 cm³/mol. The van der Waals surface area contributed by atoms with E-state index in [0.717, 1.165) is 30.8 Å². The van der Waals surface area contributed by atoms with Gasteiger partial charge in [-0.3, -0.25) is 9.69 Å². The quantitative estimate of drug-likeness (QED) is 0.778. The van der Waals surface area contributed by atoms with Gasteiger partial charge in [0.15, 0.2) is 0 Å². The van der Waals surface area contributed by atoms with Gasteiger partial charge < -0.3 is 16.2 Å². The van der Waals surface area contributed by atoms with Gasteiger partial charge in [0, 0.05) is 25.3 Å². The molecule has 4 N–H and O–H groups in total. The van der Waals surface area contributed by atoms with Gasteiger partial charge in [0.2, 0.25) is 5.91 Å². The van der Waals surface area contributed by atoms with Crippen LogP contribution < -0.4 is 11.1 Å². The number of rotatable bonds is 4. The highest BCUT2D eigenvalue weighted by molar-refractivity contribution is 5.95. The number of hydrogen-bond acceptors (Lipinski definition) is 4. The van der Waals surface area contributed by atoms with Crippen molar-refractivity contribution in [1.29, 1.82) is 0 Å². The van der Waals surface area contributed by atoms with Crippen LogP contribution in [0.3, 0.4) is 0 Å². The van der Waals surface area contributed by atoms with Crippen LogP contribution in [0.15, 0.2) is 24.3 Å². The first-order valence-electron chi connectivity index (χ1n) is 7.54. The van der Waals surface area contributed by atoms with E-state index < -0.39 is 0 Å². The van der Waals surface area contributed by atoms with E-state index in [4.69, 9.17) is 5.73 Å². The molecule has 0 saturated carbocycles. The van der Waals surface area contributed by atoms with E-state index in [-0.39, 0.29) is 24.0 Å². The third-order valence-electron chi connectivity index (χ3n) is 4.31. The van der Waals surface area contributed by atoms with Gasteiger partial charge in [-0.1, -0.05) is 25.1 Å². The predicted octanol–water partition coefficient (Wildman–Crippen LogP) is 1.18. The second kappa shape index (κ2) is 7.02. The lowest BCUT2D eigenvalue weighted by Crippen LogP contribution is -2.50. The van der Waals surface area contributed by atoms with Gasteiger partial charge in [-0.25, -0.2) is 0 Å². The number of anilines is 1. The van der Waals surface area contributed by atoms with Crippen LogP contribution in [-0.4, -0.2) is 41.1 Å². The Labute approximate surface area is 126 Å². The van der Waals surface area contributed by atoms with E-state index in [1.165, 1.54) is 0 Å². The first-order chi connectivity index (χ1) is 10.0. The monoisotopic (exact) mass is 291 g/mol. The summed E-state index contributed by atoms with van der Waals surface area (Å²) >= 11 is 0. The van der Waals surface area contributed by atoms with Crippen molar-refractivity contribution in [2.24, 2.45) is 11.7 Å². The molecule has 1 saturated heterocycles. The summed E-state index contributed by atoms with van der Waals surface area (Å²) in [5.74, 6) is 0.171. The molecule has 1 heterocycles. The molecule has 3 atom stereocenters. The fraction of sp³-hybridized carbons (Fsp3) is 0.562. The summed E-state index contributed by atoms with van der Waals surface area (Å²) in [5, 5.41) is 12.7. The number of nitrogens with one attached hydrogen (secondary N) is 1. The molecule has 0 radical (unpaired) electrons. The first-order valence-corrected chi connectivity index (χ1v) is 7.54. The standard InChI is InChI=1S/C16H25N3O2/c1-11-10-19(8-7-15(11)20)12(2)16(21)18-14-6-4-3-5-13(14)9-17/h3-6,11-12,15,20H,7-10,17H2,1-2H3,(H,18,21). The van der Waals surface area contributed by atoms with Crippen LogP contribution >= 0.6 is 0 Å². The van der Waals surface area contributed by atoms with Gasteiger partial charge in [0.1, 0.15) is 0 Å². The zero-order valence-electron chi connectivity index (χ0n) is 12.7. The van der Waals surface area contributed by atoms with Crippen molar-refractivity contribution in [1.82, 2.24) is 4.90 Å². The summed E-state index contributed by atoms with van der Waals surface area (Å²) in [6, 6.07) is 7.37. The van der Waals surface area contributed by atoms with Gasteiger partial charge >= 0.3 is 0 Å². The third kappa shape index (κ3) is 3.81. The zero-order valence-corrected chi connectivity index (χ0v) is 12.7. The third-order valence-corrected chi connectivity index (χ3v) is 4.31. The fourth-order valence-electron chi connectivity index (χ4n) is 2.74. The molecule has 5 nitrogen and oxygen atoms in total. The van der Waals surface area contributed by atoms with Gasteiger partial charge in [0.25, 0.3) is 0 Å². The smallest absolute Gasteiger partial charge is 0.241 e. The van der Waals surface area contributed by atoms with Crippen molar-refractivity contribution >= 4 is 11.6 Å². The molecule has 1 aliphatic rings. The molecule has 0 aromatic heterocycles. The van der Waals surface area contributed by atoms with Crippen molar-refractivity contribution in [3.8, 4) is 0 Å². The van der Waals surface area contributed by atoms with Crippen LogP contribution in [-0.2, 0) is 11.3 Å². The van der Waals surface area contributed by atoms with Crippen molar-refractivity contribution in [2.75, 3.05) is 18.4 Å². The number of carbonyl (C=O) groups is 1. The molecule has 1 aromatic carbocycles. The number of para-hydroxylation sites is 1. The zero-order chi connectivity index (χ0) is 15.4. The van der Waals surface area contributed by atoms with Gasteiger partial charge in [-0.15, -0.1) is 0 Å². The molecule has 5 heteroatoms. The van der Waals surface area contributed by atoms with Gasteiger partial charge in [-0.05, 0) is 30.9 Å². The minimum Gasteiger partial charge on any atom is -0.393 e. The van der Waals surface area contributed by atoms with Crippen molar-refractivity contribution in [3.05, 3.63) is 29.8 Å². The van der Waals surface area contributed by atoms with Crippen LogP contribution in [0.2, 0.25) is 0 Å². The average molecular weight is 291 g/mol. The molecular weight excluding hydrogens is 266 g/mol. The number of nitrogens with zero attached hydrogens (tertiary/aromatic N) is 1. The SMILES string of the molecule is CC1CN(C(C)C(=O)Nc2ccccc2CN)CCC1O. The minimum atomic E-state index is -0.255. The summed E-state index contributed by atoms with van der Waals surface area (Å²) in [7, 11) is 0. The minimum absolute atomic E-state index is 0.0283. The molecule has 1 fully saturated rings. The molecule has 116 valence electrons. The summed E-state index contributed by atoms with van der Waals surface area (Å²) in [4.78, 5) is 14.5. The lowest BCUT2D eigenvalue weighted by Gasteiger charge is -2.37. The number of piperidine rings is 1. The van der Waals surface area contributed by atoms with Crippen LogP contribution in [0.25, 0.3) is 0 Å². The second-order valence-corrected chi connectivity index (χ2v) is 5.85. The second-order valence-electron chi connectivity index (χ2n) is 5.85. The number of hydrogen-bond donors (Lipinski definition) is 3. The van der Waals surface area contributed by atoms with E-state index >= 15 is 0 Å². The van der Waals surface area contributed by atoms with Crippen LogP contribution in [0.5, 0.6) is 0 Å².